The summed E-state index contributed by atoms with van der Waals surface area (Å²) in [5.74, 6) is 1.99. The summed E-state index contributed by atoms with van der Waals surface area (Å²) in [6.07, 6.45) is 6.75. The fourth-order valence-electron chi connectivity index (χ4n) is 2.36. The molecule has 17 heavy (non-hydrogen) atoms. The number of hydrogen-bond acceptors (Lipinski definition) is 4. The molecule has 1 aromatic heterocycles. The quantitative estimate of drug-likeness (QED) is 0.871. The van der Waals surface area contributed by atoms with Crippen molar-refractivity contribution in [3.05, 3.63) is 11.9 Å². The van der Waals surface area contributed by atoms with E-state index < -0.39 is 0 Å². The van der Waals surface area contributed by atoms with Crippen LogP contribution in [-0.4, -0.2) is 23.1 Å². The summed E-state index contributed by atoms with van der Waals surface area (Å²) in [6.45, 7) is 4.28. The van der Waals surface area contributed by atoms with Crippen molar-refractivity contribution in [3.63, 3.8) is 0 Å². The Morgan fingerprint density at radius 3 is 2.59 bits per heavy atom. The van der Waals surface area contributed by atoms with Crippen LogP contribution in [0.3, 0.4) is 0 Å². The Morgan fingerprint density at radius 1 is 1.29 bits per heavy atom. The van der Waals surface area contributed by atoms with Gasteiger partial charge in [-0.05, 0) is 31.6 Å². The van der Waals surface area contributed by atoms with E-state index in [0.29, 0.717) is 12.0 Å². The van der Waals surface area contributed by atoms with Crippen molar-refractivity contribution in [2.45, 2.75) is 51.6 Å². The molecule has 1 N–H and O–H groups in total. The van der Waals surface area contributed by atoms with E-state index in [1.165, 1.54) is 12.8 Å². The SMILES string of the molecule is CNc1ncnc(OC2CCCC2)c1C(C)C. The molecule has 2 rings (SSSR count). The minimum Gasteiger partial charge on any atom is -0.474 e. The fraction of sp³-hybridized carbons (Fsp3) is 0.692. The first-order valence-electron chi connectivity index (χ1n) is 6.41. The third-order valence-corrected chi connectivity index (χ3v) is 3.24. The monoisotopic (exact) mass is 235 g/mol. The number of rotatable bonds is 4. The lowest BCUT2D eigenvalue weighted by atomic mass is 10.1. The third-order valence-electron chi connectivity index (χ3n) is 3.24. The first kappa shape index (κ1) is 12.1. The van der Waals surface area contributed by atoms with E-state index in [2.05, 4.69) is 29.1 Å². The molecule has 0 aromatic carbocycles. The fourth-order valence-corrected chi connectivity index (χ4v) is 2.36. The van der Waals surface area contributed by atoms with Gasteiger partial charge in [0.1, 0.15) is 18.2 Å². The van der Waals surface area contributed by atoms with E-state index in [1.54, 1.807) is 6.33 Å². The highest BCUT2D eigenvalue weighted by Gasteiger charge is 2.21. The number of aromatic nitrogens is 2. The third kappa shape index (κ3) is 2.68. The van der Waals surface area contributed by atoms with Crippen LogP contribution in [0, 0.1) is 0 Å². The molecule has 0 aliphatic heterocycles. The summed E-state index contributed by atoms with van der Waals surface area (Å²) in [5, 5.41) is 3.11. The van der Waals surface area contributed by atoms with Crippen molar-refractivity contribution in [2.24, 2.45) is 0 Å². The smallest absolute Gasteiger partial charge is 0.222 e. The molecule has 94 valence electrons. The molecule has 4 nitrogen and oxygen atoms in total. The van der Waals surface area contributed by atoms with Gasteiger partial charge < -0.3 is 10.1 Å². The predicted octanol–water partition coefficient (Wildman–Crippen LogP) is 2.96. The van der Waals surface area contributed by atoms with Crippen LogP contribution < -0.4 is 10.1 Å². The van der Waals surface area contributed by atoms with Crippen LogP contribution in [0.25, 0.3) is 0 Å². The van der Waals surface area contributed by atoms with Crippen molar-refractivity contribution in [2.75, 3.05) is 12.4 Å². The molecule has 0 saturated heterocycles. The average Bonchev–Trinajstić information content (AvgIpc) is 2.81. The maximum atomic E-state index is 6.02. The molecular weight excluding hydrogens is 214 g/mol. The van der Waals surface area contributed by atoms with E-state index >= 15 is 0 Å². The van der Waals surface area contributed by atoms with Crippen molar-refractivity contribution in [1.29, 1.82) is 0 Å². The normalized spacial score (nSPS) is 16.5. The Bertz CT molecular complexity index is 373. The van der Waals surface area contributed by atoms with Crippen molar-refractivity contribution < 1.29 is 4.74 Å². The van der Waals surface area contributed by atoms with Crippen LogP contribution in [0.15, 0.2) is 6.33 Å². The van der Waals surface area contributed by atoms with E-state index in [4.69, 9.17) is 4.74 Å². The van der Waals surface area contributed by atoms with Crippen molar-refractivity contribution in [1.82, 2.24) is 9.97 Å². The first-order valence-corrected chi connectivity index (χ1v) is 6.41. The Kier molecular flexibility index (Phi) is 3.82. The van der Waals surface area contributed by atoms with Crippen molar-refractivity contribution in [3.8, 4) is 5.88 Å². The molecule has 0 bridgehead atoms. The van der Waals surface area contributed by atoms with Gasteiger partial charge in [0.15, 0.2) is 0 Å². The van der Waals surface area contributed by atoms with Gasteiger partial charge in [0.25, 0.3) is 0 Å². The van der Waals surface area contributed by atoms with Gasteiger partial charge in [-0.15, -0.1) is 0 Å². The molecule has 0 spiro atoms. The highest BCUT2D eigenvalue weighted by atomic mass is 16.5. The largest absolute Gasteiger partial charge is 0.474 e. The summed E-state index contributed by atoms with van der Waals surface area (Å²) in [5.41, 5.74) is 1.09. The van der Waals surface area contributed by atoms with Gasteiger partial charge in [-0.1, -0.05) is 13.8 Å². The molecule has 0 amide bonds. The second-order valence-corrected chi connectivity index (χ2v) is 4.87. The average molecular weight is 235 g/mol. The maximum Gasteiger partial charge on any atom is 0.222 e. The van der Waals surface area contributed by atoms with Gasteiger partial charge in [-0.25, -0.2) is 9.97 Å². The number of ether oxygens (including phenoxy) is 1. The van der Waals surface area contributed by atoms with Crippen LogP contribution in [0.1, 0.15) is 51.0 Å². The van der Waals surface area contributed by atoms with Gasteiger partial charge >= 0.3 is 0 Å². The summed E-state index contributed by atoms with van der Waals surface area (Å²) in [6, 6.07) is 0. The summed E-state index contributed by atoms with van der Waals surface area (Å²) >= 11 is 0. The van der Waals surface area contributed by atoms with Crippen molar-refractivity contribution >= 4 is 5.82 Å². The molecule has 1 fully saturated rings. The topological polar surface area (TPSA) is 47.0 Å². The minimum atomic E-state index is 0.340. The Hall–Kier alpha value is -1.32. The van der Waals surface area contributed by atoms with Crippen LogP contribution in [0.4, 0.5) is 5.82 Å². The zero-order valence-corrected chi connectivity index (χ0v) is 10.9. The zero-order chi connectivity index (χ0) is 12.3. The summed E-state index contributed by atoms with van der Waals surface area (Å²) in [4.78, 5) is 8.55. The van der Waals surface area contributed by atoms with E-state index in [1.807, 2.05) is 7.05 Å². The number of anilines is 1. The second-order valence-electron chi connectivity index (χ2n) is 4.87. The van der Waals surface area contributed by atoms with E-state index in [9.17, 15) is 0 Å². The number of nitrogens with one attached hydrogen (secondary N) is 1. The van der Waals surface area contributed by atoms with Gasteiger partial charge in [0.2, 0.25) is 5.88 Å². The lowest BCUT2D eigenvalue weighted by molar-refractivity contribution is 0.198. The van der Waals surface area contributed by atoms with E-state index in [-0.39, 0.29) is 0 Å². The van der Waals surface area contributed by atoms with Gasteiger partial charge in [-0.3, -0.25) is 0 Å². The Labute approximate surface area is 103 Å². The van der Waals surface area contributed by atoms with Gasteiger partial charge in [-0.2, -0.15) is 0 Å². The number of nitrogens with zero attached hydrogens (tertiary/aromatic N) is 2. The number of hydrogen-bond donors (Lipinski definition) is 1. The Balaban J connectivity index is 2.25. The molecule has 1 saturated carbocycles. The predicted molar refractivity (Wildman–Crippen MR) is 68.6 cm³/mol. The molecule has 4 heteroatoms. The highest BCUT2D eigenvalue weighted by Crippen LogP contribution is 2.32. The molecule has 0 radical (unpaired) electrons. The van der Waals surface area contributed by atoms with Crippen LogP contribution in [0.2, 0.25) is 0 Å². The second kappa shape index (κ2) is 5.34. The molecular formula is C13H21N3O. The highest BCUT2D eigenvalue weighted by molar-refractivity contribution is 5.50. The van der Waals surface area contributed by atoms with E-state index in [0.717, 1.165) is 30.1 Å². The lowest BCUT2D eigenvalue weighted by Gasteiger charge is -2.18. The molecule has 0 atom stereocenters. The van der Waals surface area contributed by atoms with Gasteiger partial charge in [0.05, 0.1) is 5.56 Å². The molecule has 1 aliphatic rings. The maximum absolute atomic E-state index is 6.02. The lowest BCUT2D eigenvalue weighted by Crippen LogP contribution is -2.15. The molecule has 1 aromatic rings. The zero-order valence-electron chi connectivity index (χ0n) is 10.9. The Morgan fingerprint density at radius 2 is 2.00 bits per heavy atom. The minimum absolute atomic E-state index is 0.340. The van der Waals surface area contributed by atoms with Crippen LogP contribution in [0.5, 0.6) is 5.88 Å². The van der Waals surface area contributed by atoms with Crippen LogP contribution >= 0.6 is 0 Å². The summed E-state index contributed by atoms with van der Waals surface area (Å²) in [7, 11) is 1.88. The summed E-state index contributed by atoms with van der Waals surface area (Å²) < 4.78 is 6.02. The van der Waals surface area contributed by atoms with Gasteiger partial charge in [0, 0.05) is 7.05 Å². The molecule has 0 unspecified atom stereocenters. The standard InChI is InChI=1S/C13H21N3O/c1-9(2)11-12(14-3)15-8-16-13(11)17-10-6-4-5-7-10/h8-10H,4-7H2,1-3H3,(H,14,15,16). The molecule has 1 aliphatic carbocycles. The first-order chi connectivity index (χ1) is 8.22. The molecule has 1 heterocycles. The van der Waals surface area contributed by atoms with Crippen LogP contribution in [-0.2, 0) is 0 Å².